The summed E-state index contributed by atoms with van der Waals surface area (Å²) in [5.41, 5.74) is 3.48. The number of pyridine rings is 1. The molecule has 0 bridgehead atoms. The zero-order valence-electron chi connectivity index (χ0n) is 10.7. The summed E-state index contributed by atoms with van der Waals surface area (Å²) in [6, 6.07) is 14.2. The van der Waals surface area contributed by atoms with Crippen LogP contribution in [0, 0.1) is 6.92 Å². The lowest BCUT2D eigenvalue weighted by molar-refractivity contribution is 0.165. The molecule has 0 aliphatic rings. The first-order valence-corrected chi connectivity index (χ1v) is 6.37. The molecule has 0 radical (unpaired) electrons. The van der Waals surface area contributed by atoms with E-state index in [0.29, 0.717) is 6.42 Å². The molecule has 0 saturated heterocycles. The van der Waals surface area contributed by atoms with Gasteiger partial charge >= 0.3 is 0 Å². The van der Waals surface area contributed by atoms with Crippen molar-refractivity contribution in [3.8, 4) is 0 Å². The van der Waals surface area contributed by atoms with Crippen molar-refractivity contribution in [3.63, 3.8) is 0 Å². The molecule has 0 aliphatic heterocycles. The van der Waals surface area contributed by atoms with Crippen molar-refractivity contribution in [2.75, 3.05) is 0 Å². The number of hydrogen-bond acceptors (Lipinski definition) is 2. The third kappa shape index (κ3) is 3.97. The summed E-state index contributed by atoms with van der Waals surface area (Å²) in [5.74, 6) is 0. The van der Waals surface area contributed by atoms with E-state index in [1.807, 2.05) is 18.2 Å². The molecule has 1 atom stereocenters. The van der Waals surface area contributed by atoms with Crippen molar-refractivity contribution < 1.29 is 5.11 Å². The summed E-state index contributed by atoms with van der Waals surface area (Å²) in [6.07, 6.45) is 3.79. The number of aliphatic hydroxyl groups is 1. The maximum Gasteiger partial charge on any atom is 0.0584 e. The molecular weight excluding hydrogens is 222 g/mol. The third-order valence-electron chi connectivity index (χ3n) is 3.05. The molecule has 2 heteroatoms. The Labute approximate surface area is 108 Å². The second-order valence-electron chi connectivity index (χ2n) is 4.70. The van der Waals surface area contributed by atoms with Gasteiger partial charge in [0.05, 0.1) is 6.10 Å². The van der Waals surface area contributed by atoms with Crippen LogP contribution in [0.1, 0.15) is 23.2 Å². The Morgan fingerprint density at radius 3 is 2.56 bits per heavy atom. The quantitative estimate of drug-likeness (QED) is 0.873. The topological polar surface area (TPSA) is 33.1 Å². The highest BCUT2D eigenvalue weighted by Crippen LogP contribution is 2.10. The van der Waals surface area contributed by atoms with Gasteiger partial charge < -0.3 is 5.11 Å². The molecule has 0 aliphatic carbocycles. The van der Waals surface area contributed by atoms with Crippen LogP contribution in [0.3, 0.4) is 0 Å². The molecule has 2 nitrogen and oxygen atoms in total. The number of aliphatic hydroxyl groups excluding tert-OH is 1. The highest BCUT2D eigenvalue weighted by atomic mass is 16.3. The normalized spacial score (nSPS) is 12.3. The minimum Gasteiger partial charge on any atom is -0.393 e. The van der Waals surface area contributed by atoms with E-state index in [1.165, 1.54) is 11.1 Å². The SMILES string of the molecule is Cc1ccc(CC(O)CCc2ccccn2)cc1. The molecule has 0 fully saturated rings. The van der Waals surface area contributed by atoms with Crippen molar-refractivity contribution in [1.82, 2.24) is 4.98 Å². The lowest BCUT2D eigenvalue weighted by Gasteiger charge is -2.10. The Morgan fingerprint density at radius 1 is 1.11 bits per heavy atom. The minimum absolute atomic E-state index is 0.297. The number of benzene rings is 1. The fourth-order valence-electron chi connectivity index (χ4n) is 1.96. The average molecular weight is 241 g/mol. The Balaban J connectivity index is 1.82. The van der Waals surface area contributed by atoms with Gasteiger partial charge in [0.25, 0.3) is 0 Å². The van der Waals surface area contributed by atoms with Crippen LogP contribution in [0.2, 0.25) is 0 Å². The van der Waals surface area contributed by atoms with E-state index in [1.54, 1.807) is 6.20 Å². The number of aromatic nitrogens is 1. The summed E-state index contributed by atoms with van der Waals surface area (Å²) in [5, 5.41) is 10.0. The molecule has 1 N–H and O–H groups in total. The van der Waals surface area contributed by atoms with Gasteiger partial charge in [0.15, 0.2) is 0 Å². The van der Waals surface area contributed by atoms with Gasteiger partial charge in [-0.2, -0.15) is 0 Å². The highest BCUT2D eigenvalue weighted by molar-refractivity contribution is 5.21. The first kappa shape index (κ1) is 12.8. The van der Waals surface area contributed by atoms with Crippen LogP contribution in [0.4, 0.5) is 0 Å². The van der Waals surface area contributed by atoms with E-state index < -0.39 is 0 Å². The van der Waals surface area contributed by atoms with E-state index in [2.05, 4.69) is 36.2 Å². The van der Waals surface area contributed by atoms with Crippen LogP contribution in [0.15, 0.2) is 48.7 Å². The molecule has 2 rings (SSSR count). The van der Waals surface area contributed by atoms with E-state index in [9.17, 15) is 5.11 Å². The standard InChI is InChI=1S/C16H19NO/c1-13-5-7-14(8-6-13)12-16(18)10-9-15-4-2-3-11-17-15/h2-8,11,16,18H,9-10,12H2,1H3. The van der Waals surface area contributed by atoms with Gasteiger partial charge in [-0.25, -0.2) is 0 Å². The Kier molecular flexibility index (Phi) is 4.48. The van der Waals surface area contributed by atoms with Crippen molar-refractivity contribution in [3.05, 3.63) is 65.5 Å². The summed E-state index contributed by atoms with van der Waals surface area (Å²) in [6.45, 7) is 2.07. The maximum absolute atomic E-state index is 10.0. The lowest BCUT2D eigenvalue weighted by Crippen LogP contribution is -2.12. The molecule has 1 unspecified atom stereocenters. The van der Waals surface area contributed by atoms with Gasteiger partial charge in [-0.15, -0.1) is 0 Å². The zero-order valence-corrected chi connectivity index (χ0v) is 10.7. The van der Waals surface area contributed by atoms with Crippen molar-refractivity contribution in [2.45, 2.75) is 32.3 Å². The number of aryl methyl sites for hydroxylation is 2. The van der Waals surface area contributed by atoms with Crippen LogP contribution in [0.5, 0.6) is 0 Å². The third-order valence-corrected chi connectivity index (χ3v) is 3.05. The molecule has 1 aromatic carbocycles. The van der Waals surface area contributed by atoms with E-state index in [-0.39, 0.29) is 6.10 Å². The Morgan fingerprint density at radius 2 is 1.89 bits per heavy atom. The van der Waals surface area contributed by atoms with Crippen molar-refractivity contribution >= 4 is 0 Å². The molecule has 1 aromatic heterocycles. The molecule has 94 valence electrons. The van der Waals surface area contributed by atoms with Gasteiger partial charge in [-0.1, -0.05) is 35.9 Å². The minimum atomic E-state index is -0.297. The maximum atomic E-state index is 10.0. The fraction of sp³-hybridized carbons (Fsp3) is 0.312. The van der Waals surface area contributed by atoms with Crippen LogP contribution in [0.25, 0.3) is 0 Å². The first-order chi connectivity index (χ1) is 8.74. The second-order valence-corrected chi connectivity index (χ2v) is 4.70. The van der Waals surface area contributed by atoms with Crippen LogP contribution in [-0.4, -0.2) is 16.2 Å². The predicted octanol–water partition coefficient (Wildman–Crippen LogP) is 2.93. The smallest absolute Gasteiger partial charge is 0.0584 e. The molecule has 0 amide bonds. The molecule has 18 heavy (non-hydrogen) atoms. The molecule has 0 spiro atoms. The van der Waals surface area contributed by atoms with Crippen molar-refractivity contribution in [2.24, 2.45) is 0 Å². The Hall–Kier alpha value is -1.67. The molecule has 0 saturated carbocycles. The number of nitrogens with zero attached hydrogens (tertiary/aromatic N) is 1. The number of hydrogen-bond donors (Lipinski definition) is 1. The van der Waals surface area contributed by atoms with Crippen LogP contribution in [-0.2, 0) is 12.8 Å². The number of rotatable bonds is 5. The summed E-state index contributed by atoms with van der Waals surface area (Å²) >= 11 is 0. The second kappa shape index (κ2) is 6.31. The van der Waals surface area contributed by atoms with Crippen LogP contribution >= 0.6 is 0 Å². The van der Waals surface area contributed by atoms with E-state index >= 15 is 0 Å². The summed E-state index contributed by atoms with van der Waals surface area (Å²) in [7, 11) is 0. The van der Waals surface area contributed by atoms with E-state index in [0.717, 1.165) is 18.5 Å². The van der Waals surface area contributed by atoms with Crippen LogP contribution < -0.4 is 0 Å². The van der Waals surface area contributed by atoms with Gasteiger partial charge in [-0.3, -0.25) is 4.98 Å². The summed E-state index contributed by atoms with van der Waals surface area (Å²) < 4.78 is 0. The Bertz CT molecular complexity index is 464. The monoisotopic (exact) mass is 241 g/mol. The fourth-order valence-corrected chi connectivity index (χ4v) is 1.96. The lowest BCUT2D eigenvalue weighted by atomic mass is 10.0. The zero-order chi connectivity index (χ0) is 12.8. The van der Waals surface area contributed by atoms with Gasteiger partial charge in [0.1, 0.15) is 0 Å². The first-order valence-electron chi connectivity index (χ1n) is 6.37. The van der Waals surface area contributed by atoms with Gasteiger partial charge in [0, 0.05) is 11.9 Å². The average Bonchev–Trinajstić information content (AvgIpc) is 2.40. The molecule has 2 aromatic rings. The van der Waals surface area contributed by atoms with Gasteiger partial charge in [-0.05, 0) is 43.9 Å². The largest absolute Gasteiger partial charge is 0.393 e. The highest BCUT2D eigenvalue weighted by Gasteiger charge is 2.06. The van der Waals surface area contributed by atoms with Gasteiger partial charge in [0.2, 0.25) is 0 Å². The molecule has 1 heterocycles. The van der Waals surface area contributed by atoms with Crippen molar-refractivity contribution in [1.29, 1.82) is 0 Å². The van der Waals surface area contributed by atoms with E-state index in [4.69, 9.17) is 0 Å². The predicted molar refractivity (Wildman–Crippen MR) is 73.4 cm³/mol. The summed E-state index contributed by atoms with van der Waals surface area (Å²) in [4.78, 5) is 4.26. The molecular formula is C16H19NO.